The zero-order valence-electron chi connectivity index (χ0n) is 28.4. The number of aromatic nitrogens is 2. The Morgan fingerprint density at radius 3 is 2.35 bits per heavy atom. The molecule has 1 saturated heterocycles. The van der Waals surface area contributed by atoms with Crippen molar-refractivity contribution in [2.75, 3.05) is 50.6 Å². The number of sulfonamides is 1. The summed E-state index contributed by atoms with van der Waals surface area (Å²) >= 11 is 0. The number of ether oxygens (including phenoxy) is 2. The predicted octanol–water partition coefficient (Wildman–Crippen LogP) is 5.69. The Morgan fingerprint density at radius 2 is 1.75 bits per heavy atom. The first-order chi connectivity index (χ1) is 24.1. The van der Waals surface area contributed by atoms with Crippen molar-refractivity contribution in [2.45, 2.75) is 48.5 Å². The summed E-state index contributed by atoms with van der Waals surface area (Å²) in [4.78, 5) is 10.1. The van der Waals surface area contributed by atoms with E-state index in [1.54, 1.807) is 48.2 Å². The van der Waals surface area contributed by atoms with Crippen LogP contribution in [0.4, 0.5) is 33.5 Å². The second kappa shape index (κ2) is 15.0. The molecule has 2 atom stereocenters. The van der Waals surface area contributed by atoms with Gasteiger partial charge in [0.15, 0.2) is 4.90 Å². The summed E-state index contributed by atoms with van der Waals surface area (Å²) in [6.45, 7) is -0.181. The van der Waals surface area contributed by atoms with Gasteiger partial charge in [0.25, 0.3) is 10.0 Å². The molecule has 274 valence electrons. The van der Waals surface area contributed by atoms with Crippen LogP contribution in [0.5, 0.6) is 11.5 Å². The number of anilines is 2. The van der Waals surface area contributed by atoms with Crippen molar-refractivity contribution in [3.63, 3.8) is 0 Å². The molecular formula is C35H38F5N5O5S. The second-order valence-corrected chi connectivity index (χ2v) is 14.2. The molecule has 1 fully saturated rings. The van der Waals surface area contributed by atoms with E-state index < -0.39 is 56.5 Å². The van der Waals surface area contributed by atoms with Gasteiger partial charge in [-0.1, -0.05) is 18.2 Å². The number of halogens is 5. The summed E-state index contributed by atoms with van der Waals surface area (Å²) in [6.07, 6.45) is -2.45. The Labute approximate surface area is 293 Å². The molecule has 1 aliphatic rings. The van der Waals surface area contributed by atoms with Crippen LogP contribution < -0.4 is 18.7 Å². The van der Waals surface area contributed by atoms with Gasteiger partial charge in [-0.3, -0.25) is 4.90 Å². The summed E-state index contributed by atoms with van der Waals surface area (Å²) in [6, 6.07) is 12.8. The highest BCUT2D eigenvalue weighted by molar-refractivity contribution is 7.92. The Bertz CT molecular complexity index is 1930. The Morgan fingerprint density at radius 1 is 1.02 bits per heavy atom. The third-order valence-electron chi connectivity index (χ3n) is 9.28. The Kier molecular flexibility index (Phi) is 11.1. The van der Waals surface area contributed by atoms with Crippen LogP contribution in [0.15, 0.2) is 78.1 Å². The Balaban J connectivity index is 1.47. The van der Waals surface area contributed by atoms with Crippen LogP contribution in [0.2, 0.25) is 0 Å². The molecule has 0 amide bonds. The van der Waals surface area contributed by atoms with Crippen LogP contribution in [0.25, 0.3) is 0 Å². The molecule has 0 saturated carbocycles. The van der Waals surface area contributed by atoms with Gasteiger partial charge in [0.05, 0.1) is 38.0 Å². The minimum absolute atomic E-state index is 0.0338. The van der Waals surface area contributed by atoms with Crippen LogP contribution in [0, 0.1) is 11.6 Å². The second-order valence-electron chi connectivity index (χ2n) is 12.4. The van der Waals surface area contributed by atoms with Gasteiger partial charge in [-0.05, 0) is 69.3 Å². The van der Waals surface area contributed by atoms with E-state index in [0.717, 1.165) is 34.9 Å². The standard InChI is InChI=1S/C35H38F5N5O5S/c1-43(2)34(13-10-23-6-5-7-25(16-23)35(38,39)40)21-44(15-12-31(34)46)26-17-28(36)33(29(37)18-26)51(47,48)45(32-11-14-41-22-42-32)20-24-8-9-27(49-3)19-30(24)50-4/h5-9,11,14,16-19,22,31,46H,10,12-13,15,20-21H2,1-4H3/t31-,34-/m1/s1. The zero-order valence-corrected chi connectivity index (χ0v) is 29.2. The first-order valence-corrected chi connectivity index (χ1v) is 17.3. The third-order valence-corrected chi connectivity index (χ3v) is 11.1. The number of aliphatic hydroxyl groups excluding tert-OH is 1. The fraction of sp³-hybridized carbons (Fsp3) is 0.371. The largest absolute Gasteiger partial charge is 0.497 e. The van der Waals surface area contributed by atoms with E-state index in [1.807, 2.05) is 0 Å². The number of likely N-dealkylation sites (N-methyl/N-ethyl adjacent to an activating group) is 1. The number of hydrogen-bond acceptors (Lipinski definition) is 9. The number of benzene rings is 3. The molecular weight excluding hydrogens is 697 g/mol. The number of aryl methyl sites for hydroxylation is 1. The predicted molar refractivity (Wildman–Crippen MR) is 180 cm³/mol. The molecule has 0 spiro atoms. The highest BCUT2D eigenvalue weighted by Gasteiger charge is 2.45. The lowest BCUT2D eigenvalue weighted by Gasteiger charge is -2.51. The van der Waals surface area contributed by atoms with Gasteiger partial charge in [0, 0.05) is 42.7 Å². The average Bonchev–Trinajstić information content (AvgIpc) is 3.09. The van der Waals surface area contributed by atoms with Crippen molar-refractivity contribution >= 4 is 21.5 Å². The lowest BCUT2D eigenvalue weighted by atomic mass is 9.79. The zero-order chi connectivity index (χ0) is 37.1. The van der Waals surface area contributed by atoms with E-state index in [1.165, 1.54) is 32.5 Å². The summed E-state index contributed by atoms with van der Waals surface area (Å²) in [7, 11) is 1.33. The summed E-state index contributed by atoms with van der Waals surface area (Å²) in [5.74, 6) is -2.14. The van der Waals surface area contributed by atoms with Crippen LogP contribution in [0.1, 0.15) is 29.5 Å². The third kappa shape index (κ3) is 7.87. The smallest absolute Gasteiger partial charge is 0.416 e. The molecule has 4 aromatic rings. The Hall–Kier alpha value is -4.54. The fourth-order valence-electron chi connectivity index (χ4n) is 6.40. The van der Waals surface area contributed by atoms with E-state index in [9.17, 15) is 26.7 Å². The minimum Gasteiger partial charge on any atom is -0.497 e. The number of alkyl halides is 3. The lowest BCUT2D eigenvalue weighted by molar-refractivity contribution is -0.137. The van der Waals surface area contributed by atoms with Crippen LogP contribution in [-0.2, 0) is 29.2 Å². The monoisotopic (exact) mass is 735 g/mol. The van der Waals surface area contributed by atoms with Crippen molar-refractivity contribution in [2.24, 2.45) is 0 Å². The van der Waals surface area contributed by atoms with Gasteiger partial charge in [0.1, 0.15) is 35.3 Å². The van der Waals surface area contributed by atoms with E-state index in [4.69, 9.17) is 9.47 Å². The highest BCUT2D eigenvalue weighted by atomic mass is 32.2. The SMILES string of the molecule is COc1ccc(CN(c2ccncn2)S(=O)(=O)c2c(F)cc(N3CC[C@@H](O)[C@](CCc4cccc(C(F)(F)F)c4)(N(C)C)C3)cc2F)c(OC)c1. The topological polar surface area (TPSA) is 108 Å². The molecule has 0 aliphatic carbocycles. The number of hydrogen-bond donors (Lipinski definition) is 1. The number of aliphatic hydroxyl groups is 1. The van der Waals surface area contributed by atoms with E-state index >= 15 is 8.78 Å². The molecule has 1 N–H and O–H groups in total. The molecule has 1 aliphatic heterocycles. The normalized spacial score (nSPS) is 18.2. The average molecular weight is 736 g/mol. The van der Waals surface area contributed by atoms with Gasteiger partial charge in [0.2, 0.25) is 0 Å². The number of nitrogens with zero attached hydrogens (tertiary/aromatic N) is 5. The van der Waals surface area contributed by atoms with E-state index in [2.05, 4.69) is 9.97 Å². The maximum Gasteiger partial charge on any atom is 0.416 e. The summed E-state index contributed by atoms with van der Waals surface area (Å²) in [5, 5.41) is 11.2. The molecule has 51 heavy (non-hydrogen) atoms. The van der Waals surface area contributed by atoms with Crippen LogP contribution in [-0.4, -0.2) is 81.4 Å². The van der Waals surface area contributed by atoms with Gasteiger partial charge < -0.3 is 19.5 Å². The van der Waals surface area contributed by atoms with Gasteiger partial charge in [-0.15, -0.1) is 0 Å². The van der Waals surface area contributed by atoms with Crippen molar-refractivity contribution in [3.8, 4) is 11.5 Å². The first-order valence-electron chi connectivity index (χ1n) is 15.9. The maximum absolute atomic E-state index is 16.1. The van der Waals surface area contributed by atoms with Crippen LogP contribution in [0.3, 0.4) is 0 Å². The molecule has 0 bridgehead atoms. The van der Waals surface area contributed by atoms with Gasteiger partial charge in [-0.2, -0.15) is 13.2 Å². The molecule has 0 radical (unpaired) electrons. The van der Waals surface area contributed by atoms with E-state index in [-0.39, 0.29) is 49.6 Å². The highest BCUT2D eigenvalue weighted by Crippen LogP contribution is 2.38. The van der Waals surface area contributed by atoms with Crippen molar-refractivity contribution < 1.29 is 45.0 Å². The van der Waals surface area contributed by atoms with Crippen molar-refractivity contribution in [3.05, 3.63) is 102 Å². The molecule has 3 aromatic carbocycles. The molecule has 1 aromatic heterocycles. The number of piperidine rings is 1. The van der Waals surface area contributed by atoms with Crippen molar-refractivity contribution in [1.29, 1.82) is 0 Å². The van der Waals surface area contributed by atoms with E-state index in [0.29, 0.717) is 16.9 Å². The number of methoxy groups -OCH3 is 2. The minimum atomic E-state index is -4.94. The number of rotatable bonds is 12. The van der Waals surface area contributed by atoms with Gasteiger partial charge in [-0.25, -0.2) is 31.5 Å². The molecule has 16 heteroatoms. The molecule has 5 rings (SSSR count). The summed E-state index contributed by atoms with van der Waals surface area (Å²) < 4.78 is 112. The van der Waals surface area contributed by atoms with Crippen molar-refractivity contribution in [1.82, 2.24) is 14.9 Å². The summed E-state index contributed by atoms with van der Waals surface area (Å²) in [5.41, 5.74) is -0.998. The maximum atomic E-state index is 16.1. The van der Waals surface area contributed by atoms with Crippen LogP contribution >= 0.6 is 0 Å². The molecule has 0 unspecified atom stereocenters. The molecule has 10 nitrogen and oxygen atoms in total. The molecule has 2 heterocycles. The quantitative estimate of drug-likeness (QED) is 0.184. The first kappa shape index (κ1) is 37.7. The van der Waals surface area contributed by atoms with Gasteiger partial charge >= 0.3 is 6.18 Å². The fourth-order valence-corrected chi connectivity index (χ4v) is 7.89. The lowest BCUT2D eigenvalue weighted by Crippen LogP contribution is -2.64.